The summed E-state index contributed by atoms with van der Waals surface area (Å²) in [5.41, 5.74) is 0. The summed E-state index contributed by atoms with van der Waals surface area (Å²) in [6.45, 7) is 1.95. The maximum Gasteiger partial charge on any atom is 0.222 e. The summed E-state index contributed by atoms with van der Waals surface area (Å²) in [4.78, 5) is 13.5. The van der Waals surface area contributed by atoms with Crippen LogP contribution in [0, 0.1) is 0 Å². The van der Waals surface area contributed by atoms with Gasteiger partial charge in [-0.05, 0) is 38.5 Å². The van der Waals surface area contributed by atoms with Gasteiger partial charge in [-0.1, -0.05) is 70.4 Å². The van der Waals surface area contributed by atoms with Crippen LogP contribution in [0.4, 0.5) is 0 Å². The topological polar surface area (TPSA) is 101 Å². The highest BCUT2D eigenvalue weighted by Crippen LogP contribution is 2.11. The van der Waals surface area contributed by atoms with E-state index in [0.29, 0.717) is 6.42 Å². The van der Waals surface area contributed by atoms with E-state index in [1.165, 1.54) is 62.7 Å². The van der Waals surface area contributed by atoms with Crippen LogP contribution in [0.15, 0.2) is 12.2 Å². The molecule has 6 nitrogen and oxygen atoms in total. The van der Waals surface area contributed by atoms with Crippen molar-refractivity contribution in [2.24, 2.45) is 0 Å². The van der Waals surface area contributed by atoms with Crippen molar-refractivity contribution < 1.29 is 25.2 Å². The van der Waals surface area contributed by atoms with E-state index >= 15 is 0 Å². The molecule has 31 heavy (non-hydrogen) atoms. The molecule has 0 spiro atoms. The van der Waals surface area contributed by atoms with Crippen molar-refractivity contribution in [2.75, 3.05) is 20.2 Å². The van der Waals surface area contributed by atoms with Crippen molar-refractivity contribution in [3.63, 3.8) is 0 Å². The van der Waals surface area contributed by atoms with E-state index in [1.54, 1.807) is 7.05 Å². The number of aliphatic hydroxyl groups is 4. The molecule has 3 unspecified atom stereocenters. The first-order valence-electron chi connectivity index (χ1n) is 12.5. The average molecular weight is 444 g/mol. The summed E-state index contributed by atoms with van der Waals surface area (Å²) >= 11 is 0. The zero-order valence-electron chi connectivity index (χ0n) is 20.1. The predicted octanol–water partition coefficient (Wildman–Crippen LogP) is 3.95. The maximum absolute atomic E-state index is 12.2. The normalized spacial score (nSPS) is 14.6. The van der Waals surface area contributed by atoms with Gasteiger partial charge in [-0.15, -0.1) is 0 Å². The summed E-state index contributed by atoms with van der Waals surface area (Å²) in [6.07, 6.45) is 17.0. The molecule has 0 aliphatic heterocycles. The summed E-state index contributed by atoms with van der Waals surface area (Å²) in [5, 5.41) is 38.2. The van der Waals surface area contributed by atoms with Crippen LogP contribution < -0.4 is 0 Å². The van der Waals surface area contributed by atoms with E-state index in [-0.39, 0.29) is 25.5 Å². The van der Waals surface area contributed by atoms with Crippen LogP contribution in [-0.2, 0) is 4.79 Å². The molecule has 0 saturated heterocycles. The smallest absolute Gasteiger partial charge is 0.222 e. The highest BCUT2D eigenvalue weighted by Gasteiger charge is 2.26. The van der Waals surface area contributed by atoms with Gasteiger partial charge in [0.15, 0.2) is 0 Å². The van der Waals surface area contributed by atoms with E-state index in [1.807, 2.05) is 0 Å². The number of nitrogens with zero attached hydrogens (tertiary/aromatic N) is 1. The molecule has 0 aromatic carbocycles. The summed E-state index contributed by atoms with van der Waals surface area (Å²) in [7, 11) is 1.59. The zero-order valence-corrected chi connectivity index (χ0v) is 20.1. The molecule has 0 saturated carbocycles. The van der Waals surface area contributed by atoms with Gasteiger partial charge in [0.2, 0.25) is 5.91 Å². The molecule has 0 aromatic heterocycles. The molecule has 0 aliphatic rings. The molecule has 0 radical (unpaired) electrons. The lowest BCUT2D eigenvalue weighted by molar-refractivity contribution is -0.134. The maximum atomic E-state index is 12.2. The van der Waals surface area contributed by atoms with Gasteiger partial charge in [-0.25, -0.2) is 0 Å². The molecular formula is C25H49NO5. The van der Waals surface area contributed by atoms with Gasteiger partial charge in [0, 0.05) is 26.6 Å². The lowest BCUT2D eigenvalue weighted by Gasteiger charge is -2.26. The van der Waals surface area contributed by atoms with Crippen LogP contribution in [0.2, 0.25) is 0 Å². The number of likely N-dealkylation sites (N-methyl/N-ethyl adjacent to an activating group) is 1. The Labute approximate surface area is 190 Å². The molecule has 0 fully saturated rings. The lowest BCUT2D eigenvalue weighted by Crippen LogP contribution is -2.45. The van der Waals surface area contributed by atoms with Gasteiger partial charge in [0.05, 0.1) is 12.2 Å². The number of hydrogen-bond donors (Lipinski definition) is 4. The lowest BCUT2D eigenvalue weighted by atomic mass is 10.0. The molecule has 3 atom stereocenters. The molecule has 1 amide bonds. The largest absolute Gasteiger partial charge is 0.396 e. The van der Waals surface area contributed by atoms with Gasteiger partial charge < -0.3 is 25.3 Å². The van der Waals surface area contributed by atoms with Gasteiger partial charge in [-0.3, -0.25) is 4.79 Å². The van der Waals surface area contributed by atoms with Crippen molar-refractivity contribution in [2.45, 2.75) is 122 Å². The van der Waals surface area contributed by atoms with Crippen molar-refractivity contribution in [3.05, 3.63) is 12.2 Å². The number of amides is 1. The number of carbonyl (C=O) groups excluding carboxylic acids is 1. The van der Waals surface area contributed by atoms with Gasteiger partial charge in [0.25, 0.3) is 0 Å². The Hall–Kier alpha value is -0.950. The summed E-state index contributed by atoms with van der Waals surface area (Å²) in [6, 6.07) is 0. The second-order valence-electron chi connectivity index (χ2n) is 8.75. The molecule has 0 heterocycles. The number of rotatable bonds is 21. The van der Waals surface area contributed by atoms with Crippen LogP contribution in [0.25, 0.3) is 0 Å². The van der Waals surface area contributed by atoms with Crippen LogP contribution in [-0.4, -0.2) is 69.7 Å². The number of unbranched alkanes of at least 4 members (excludes halogenated alkanes) is 11. The van der Waals surface area contributed by atoms with Crippen molar-refractivity contribution in [3.8, 4) is 0 Å². The quantitative estimate of drug-likeness (QED) is 0.159. The Kier molecular flexibility index (Phi) is 20.3. The zero-order chi connectivity index (χ0) is 23.3. The highest BCUT2D eigenvalue weighted by atomic mass is 16.4. The second kappa shape index (κ2) is 20.9. The molecule has 0 aromatic rings. The SMILES string of the molecule is CCCCCCCC/C=C\CCCCCCCC(=O)N(C)CC(O)C(O)C(O)CCO. The monoisotopic (exact) mass is 443 g/mol. The average Bonchev–Trinajstić information content (AvgIpc) is 2.75. The molecule has 4 N–H and O–H groups in total. The first-order valence-corrected chi connectivity index (χ1v) is 12.5. The third-order valence-electron chi connectivity index (χ3n) is 5.75. The van der Waals surface area contributed by atoms with E-state index in [9.17, 15) is 20.1 Å². The standard InChI is InChI=1S/C25H49NO5/c1-3-4-5-6-7-8-9-10-11-12-13-14-15-16-17-18-24(30)26(2)21-23(29)25(31)22(28)19-20-27/h10-11,22-23,25,27-29,31H,3-9,12-21H2,1-2H3/b11-10-. The number of hydrogen-bond acceptors (Lipinski definition) is 5. The number of allylic oxidation sites excluding steroid dienone is 2. The van der Waals surface area contributed by atoms with Crippen molar-refractivity contribution in [1.82, 2.24) is 4.90 Å². The Morgan fingerprint density at radius 1 is 0.806 bits per heavy atom. The highest BCUT2D eigenvalue weighted by molar-refractivity contribution is 5.75. The van der Waals surface area contributed by atoms with E-state index in [2.05, 4.69) is 19.1 Å². The second-order valence-corrected chi connectivity index (χ2v) is 8.75. The molecule has 6 heteroatoms. The number of aliphatic hydroxyl groups excluding tert-OH is 4. The minimum absolute atomic E-state index is 0.00912. The minimum Gasteiger partial charge on any atom is -0.396 e. The van der Waals surface area contributed by atoms with Gasteiger partial charge in [-0.2, -0.15) is 0 Å². The van der Waals surface area contributed by atoms with Crippen molar-refractivity contribution in [1.29, 1.82) is 0 Å². The Morgan fingerprint density at radius 3 is 1.87 bits per heavy atom. The third kappa shape index (κ3) is 17.3. The molecule has 0 aliphatic carbocycles. The fourth-order valence-corrected chi connectivity index (χ4v) is 3.59. The molecule has 0 rings (SSSR count). The first-order chi connectivity index (χ1) is 14.9. The van der Waals surface area contributed by atoms with E-state index < -0.39 is 18.3 Å². The van der Waals surface area contributed by atoms with Crippen molar-refractivity contribution >= 4 is 5.91 Å². The predicted molar refractivity (Wildman–Crippen MR) is 127 cm³/mol. The first kappa shape index (κ1) is 30.0. The van der Waals surface area contributed by atoms with Crippen LogP contribution in [0.5, 0.6) is 0 Å². The fourth-order valence-electron chi connectivity index (χ4n) is 3.59. The van der Waals surface area contributed by atoms with E-state index in [0.717, 1.165) is 25.7 Å². The Bertz CT molecular complexity index is 444. The van der Waals surface area contributed by atoms with Crippen LogP contribution in [0.3, 0.4) is 0 Å². The Balaban J connectivity index is 3.63. The van der Waals surface area contributed by atoms with Gasteiger partial charge >= 0.3 is 0 Å². The number of carbonyl (C=O) groups is 1. The van der Waals surface area contributed by atoms with Crippen LogP contribution >= 0.6 is 0 Å². The fraction of sp³-hybridized carbons (Fsp3) is 0.880. The summed E-state index contributed by atoms with van der Waals surface area (Å²) < 4.78 is 0. The third-order valence-corrected chi connectivity index (χ3v) is 5.75. The van der Waals surface area contributed by atoms with Crippen LogP contribution in [0.1, 0.15) is 103 Å². The molecular weight excluding hydrogens is 394 g/mol. The minimum atomic E-state index is -1.37. The van der Waals surface area contributed by atoms with E-state index in [4.69, 9.17) is 5.11 Å². The molecule has 184 valence electrons. The summed E-state index contributed by atoms with van der Waals surface area (Å²) in [5.74, 6) is -0.0690. The van der Waals surface area contributed by atoms with Gasteiger partial charge in [0.1, 0.15) is 6.10 Å². The Morgan fingerprint density at radius 2 is 1.32 bits per heavy atom. The molecule has 0 bridgehead atoms.